The van der Waals surface area contributed by atoms with Gasteiger partial charge < -0.3 is 0 Å². The van der Waals surface area contributed by atoms with Gasteiger partial charge in [0, 0.05) is 11.6 Å². The Morgan fingerprint density at radius 3 is 2.50 bits per heavy atom. The normalized spacial score (nSPS) is 18.2. The summed E-state index contributed by atoms with van der Waals surface area (Å²) in [4.78, 5) is 0. The maximum Gasteiger partial charge on any atom is 0.0880 e. The molecule has 0 amide bonds. The first-order valence-corrected chi connectivity index (χ1v) is 4.50. The summed E-state index contributed by atoms with van der Waals surface area (Å²) in [5.41, 5.74) is 1.22. The van der Waals surface area contributed by atoms with Gasteiger partial charge in [0.15, 0.2) is 0 Å². The lowest BCUT2D eigenvalue weighted by molar-refractivity contribution is 0.566. The Bertz CT molecular complexity index is 278. The first-order valence-electron chi connectivity index (χ1n) is 4.50. The van der Waals surface area contributed by atoms with E-state index in [4.69, 9.17) is 0 Å². The van der Waals surface area contributed by atoms with Crippen LogP contribution < -0.4 is 0 Å². The van der Waals surface area contributed by atoms with Crippen LogP contribution in [0.2, 0.25) is 0 Å². The van der Waals surface area contributed by atoms with Crippen molar-refractivity contribution in [2.45, 2.75) is 45.1 Å². The van der Waals surface area contributed by atoms with Gasteiger partial charge in [0.05, 0.1) is 11.7 Å². The topological polar surface area (TPSA) is 30.7 Å². The fourth-order valence-corrected chi connectivity index (χ4v) is 1.14. The second kappa shape index (κ2) is 2.31. The van der Waals surface area contributed by atoms with Gasteiger partial charge in [-0.15, -0.1) is 5.10 Å². The van der Waals surface area contributed by atoms with Crippen LogP contribution in [-0.4, -0.2) is 15.0 Å². The zero-order chi connectivity index (χ0) is 8.77. The molecular formula is C9H15N3. The molecule has 1 aromatic heterocycles. The van der Waals surface area contributed by atoms with Gasteiger partial charge in [0.25, 0.3) is 0 Å². The van der Waals surface area contributed by atoms with Gasteiger partial charge in [0.1, 0.15) is 0 Å². The van der Waals surface area contributed by atoms with E-state index in [-0.39, 0.29) is 5.41 Å². The molecule has 3 nitrogen and oxygen atoms in total. The average molecular weight is 165 g/mol. The number of rotatable bonds is 1. The van der Waals surface area contributed by atoms with Crippen molar-refractivity contribution in [3.63, 3.8) is 0 Å². The molecule has 0 bridgehead atoms. The highest BCUT2D eigenvalue weighted by atomic mass is 15.4. The molecular weight excluding hydrogens is 150 g/mol. The molecule has 0 radical (unpaired) electrons. The third kappa shape index (κ3) is 1.36. The molecule has 0 N–H and O–H groups in total. The molecule has 1 aliphatic carbocycles. The van der Waals surface area contributed by atoms with Crippen molar-refractivity contribution in [3.05, 3.63) is 11.9 Å². The van der Waals surface area contributed by atoms with Gasteiger partial charge in [0.2, 0.25) is 0 Å². The van der Waals surface area contributed by atoms with Gasteiger partial charge in [-0.05, 0) is 12.8 Å². The van der Waals surface area contributed by atoms with Crippen molar-refractivity contribution in [1.29, 1.82) is 0 Å². The summed E-state index contributed by atoms with van der Waals surface area (Å²) in [5.74, 6) is 0. The van der Waals surface area contributed by atoms with E-state index in [1.54, 1.807) is 0 Å². The van der Waals surface area contributed by atoms with Crippen molar-refractivity contribution in [3.8, 4) is 0 Å². The predicted octanol–water partition coefficient (Wildman–Crippen LogP) is 1.91. The second-order valence-electron chi connectivity index (χ2n) is 4.56. The van der Waals surface area contributed by atoms with Crippen LogP contribution in [0.15, 0.2) is 6.20 Å². The molecule has 0 spiro atoms. The summed E-state index contributed by atoms with van der Waals surface area (Å²) < 4.78 is 2.00. The van der Waals surface area contributed by atoms with Gasteiger partial charge in [-0.25, -0.2) is 4.68 Å². The third-order valence-corrected chi connectivity index (χ3v) is 2.20. The van der Waals surface area contributed by atoms with E-state index in [9.17, 15) is 0 Å². The van der Waals surface area contributed by atoms with Crippen LogP contribution in [0.3, 0.4) is 0 Å². The second-order valence-corrected chi connectivity index (χ2v) is 4.56. The first-order chi connectivity index (χ1) is 5.57. The van der Waals surface area contributed by atoms with E-state index in [0.717, 1.165) is 5.69 Å². The quantitative estimate of drug-likeness (QED) is 0.636. The first kappa shape index (κ1) is 7.77. The Labute approximate surface area is 72.8 Å². The fourth-order valence-electron chi connectivity index (χ4n) is 1.14. The molecule has 0 aromatic carbocycles. The van der Waals surface area contributed by atoms with Gasteiger partial charge >= 0.3 is 0 Å². The lowest BCUT2D eigenvalue weighted by Gasteiger charge is -2.12. The van der Waals surface area contributed by atoms with E-state index < -0.39 is 0 Å². The Balaban J connectivity index is 2.23. The zero-order valence-corrected chi connectivity index (χ0v) is 7.91. The maximum absolute atomic E-state index is 4.16. The summed E-state index contributed by atoms with van der Waals surface area (Å²) in [6.45, 7) is 6.48. The van der Waals surface area contributed by atoms with E-state index in [0.29, 0.717) is 6.04 Å². The van der Waals surface area contributed by atoms with Crippen LogP contribution in [-0.2, 0) is 5.41 Å². The van der Waals surface area contributed by atoms with E-state index >= 15 is 0 Å². The van der Waals surface area contributed by atoms with Gasteiger partial charge in [-0.1, -0.05) is 26.0 Å². The Morgan fingerprint density at radius 1 is 1.42 bits per heavy atom. The summed E-state index contributed by atoms with van der Waals surface area (Å²) in [5, 5.41) is 8.27. The molecule has 1 saturated carbocycles. The molecule has 12 heavy (non-hydrogen) atoms. The average Bonchev–Trinajstić information content (AvgIpc) is 2.66. The fraction of sp³-hybridized carbons (Fsp3) is 0.778. The molecule has 2 rings (SSSR count). The van der Waals surface area contributed by atoms with Crippen LogP contribution in [0.4, 0.5) is 0 Å². The minimum atomic E-state index is 0.132. The van der Waals surface area contributed by atoms with E-state index in [1.165, 1.54) is 12.8 Å². The molecule has 1 fully saturated rings. The van der Waals surface area contributed by atoms with Crippen LogP contribution >= 0.6 is 0 Å². The highest BCUT2D eigenvalue weighted by molar-refractivity contribution is 5.07. The van der Waals surface area contributed by atoms with Crippen LogP contribution in [0.5, 0.6) is 0 Å². The number of nitrogens with zero attached hydrogens (tertiary/aromatic N) is 3. The molecule has 0 saturated heterocycles. The highest BCUT2D eigenvalue weighted by Crippen LogP contribution is 2.34. The molecule has 0 atom stereocenters. The Morgan fingerprint density at radius 2 is 2.08 bits per heavy atom. The van der Waals surface area contributed by atoms with Crippen LogP contribution in [0.25, 0.3) is 0 Å². The molecule has 1 aromatic rings. The SMILES string of the molecule is CC(C)(C)c1cn(C2CC2)nn1. The lowest BCUT2D eigenvalue weighted by atomic mass is 9.93. The lowest BCUT2D eigenvalue weighted by Crippen LogP contribution is -2.11. The summed E-state index contributed by atoms with van der Waals surface area (Å²) in [6.07, 6.45) is 4.62. The standard InChI is InChI=1S/C9H15N3/c1-9(2,3)8-6-12(11-10-8)7-4-5-7/h6-7H,4-5H2,1-3H3. The van der Waals surface area contributed by atoms with Crippen molar-refractivity contribution in [1.82, 2.24) is 15.0 Å². The van der Waals surface area contributed by atoms with E-state index in [1.807, 2.05) is 4.68 Å². The molecule has 0 aliphatic heterocycles. The molecule has 66 valence electrons. The predicted molar refractivity (Wildman–Crippen MR) is 47.0 cm³/mol. The monoisotopic (exact) mass is 165 g/mol. The van der Waals surface area contributed by atoms with Crippen LogP contribution in [0.1, 0.15) is 45.3 Å². The third-order valence-electron chi connectivity index (χ3n) is 2.20. The number of hydrogen-bond acceptors (Lipinski definition) is 2. The summed E-state index contributed by atoms with van der Waals surface area (Å²) >= 11 is 0. The maximum atomic E-state index is 4.16. The van der Waals surface area contributed by atoms with Crippen molar-refractivity contribution >= 4 is 0 Å². The minimum absolute atomic E-state index is 0.132. The smallest absolute Gasteiger partial charge is 0.0880 e. The largest absolute Gasteiger partial charge is 0.249 e. The van der Waals surface area contributed by atoms with E-state index in [2.05, 4.69) is 37.3 Å². The van der Waals surface area contributed by atoms with Crippen molar-refractivity contribution < 1.29 is 0 Å². The van der Waals surface area contributed by atoms with Gasteiger partial charge in [-0.2, -0.15) is 0 Å². The molecule has 3 heteroatoms. The summed E-state index contributed by atoms with van der Waals surface area (Å²) in [6, 6.07) is 0.647. The number of hydrogen-bond donors (Lipinski definition) is 0. The van der Waals surface area contributed by atoms with Crippen molar-refractivity contribution in [2.75, 3.05) is 0 Å². The van der Waals surface area contributed by atoms with Crippen molar-refractivity contribution in [2.24, 2.45) is 0 Å². The molecule has 0 unspecified atom stereocenters. The zero-order valence-electron chi connectivity index (χ0n) is 7.91. The molecule has 1 aliphatic rings. The minimum Gasteiger partial charge on any atom is -0.249 e. The highest BCUT2D eigenvalue weighted by Gasteiger charge is 2.26. The molecule has 1 heterocycles. The van der Waals surface area contributed by atoms with Gasteiger partial charge in [-0.3, -0.25) is 0 Å². The Hall–Kier alpha value is -0.860. The van der Waals surface area contributed by atoms with Crippen LogP contribution in [0, 0.1) is 0 Å². The number of aromatic nitrogens is 3. The Kier molecular flexibility index (Phi) is 1.50. The summed E-state index contributed by atoms with van der Waals surface area (Å²) in [7, 11) is 0.